The molecule has 24 heavy (non-hydrogen) atoms. The molecule has 0 spiro atoms. The first-order valence-electron chi connectivity index (χ1n) is 7.12. The number of nitrogens with zero attached hydrogens (tertiary/aromatic N) is 1. The van der Waals surface area contributed by atoms with E-state index in [9.17, 15) is 9.18 Å². The van der Waals surface area contributed by atoms with Crippen molar-refractivity contribution in [2.75, 3.05) is 14.2 Å². The molecule has 0 N–H and O–H groups in total. The van der Waals surface area contributed by atoms with Crippen LogP contribution >= 0.6 is 0 Å². The van der Waals surface area contributed by atoms with Gasteiger partial charge in [0.15, 0.2) is 17.2 Å². The van der Waals surface area contributed by atoms with Crippen molar-refractivity contribution in [1.82, 2.24) is 0 Å². The normalized spacial score (nSPS) is 15.2. The molecular weight excluding hydrogens is 313 g/mol. The molecule has 0 amide bonds. The van der Waals surface area contributed by atoms with E-state index in [1.807, 2.05) is 0 Å². The molecule has 1 aliphatic rings. The van der Waals surface area contributed by atoms with Gasteiger partial charge in [0.05, 0.1) is 14.2 Å². The summed E-state index contributed by atoms with van der Waals surface area (Å²) in [7, 11) is 3.03. The van der Waals surface area contributed by atoms with Gasteiger partial charge >= 0.3 is 5.97 Å². The number of aliphatic imine (C=N–C) groups is 1. The Labute approximate surface area is 138 Å². The molecule has 5 nitrogen and oxygen atoms in total. The second-order valence-electron chi connectivity index (χ2n) is 4.93. The number of benzene rings is 2. The SMILES string of the molecule is COc1cccc(/C=C2\N=C(c3cccc(F)c3)OC2=O)c1OC. The van der Waals surface area contributed by atoms with Gasteiger partial charge in [-0.15, -0.1) is 0 Å². The summed E-state index contributed by atoms with van der Waals surface area (Å²) in [6, 6.07) is 11.0. The lowest BCUT2D eigenvalue weighted by Crippen LogP contribution is -2.05. The Morgan fingerprint density at radius 3 is 2.62 bits per heavy atom. The number of rotatable bonds is 4. The minimum atomic E-state index is -0.612. The molecule has 3 rings (SSSR count). The van der Waals surface area contributed by atoms with Crippen molar-refractivity contribution in [1.29, 1.82) is 0 Å². The first-order chi connectivity index (χ1) is 11.6. The van der Waals surface area contributed by atoms with Gasteiger partial charge in [-0.2, -0.15) is 0 Å². The standard InChI is InChI=1S/C18H14FNO4/c1-22-15-8-4-5-11(16(15)23-2)10-14-18(21)24-17(20-14)12-6-3-7-13(19)9-12/h3-10H,1-2H3/b14-10-. The van der Waals surface area contributed by atoms with Crippen LogP contribution in [0.5, 0.6) is 11.5 Å². The van der Waals surface area contributed by atoms with Crippen molar-refractivity contribution in [3.05, 3.63) is 65.1 Å². The Bertz CT molecular complexity index is 858. The van der Waals surface area contributed by atoms with Crippen LogP contribution in [-0.4, -0.2) is 26.1 Å². The number of cyclic esters (lactones) is 1. The predicted octanol–water partition coefficient (Wildman–Crippen LogP) is 3.19. The van der Waals surface area contributed by atoms with Crippen molar-refractivity contribution < 1.29 is 23.4 Å². The molecule has 2 aromatic carbocycles. The lowest BCUT2D eigenvalue weighted by molar-refractivity contribution is -0.129. The number of esters is 1. The topological polar surface area (TPSA) is 57.1 Å². The summed E-state index contributed by atoms with van der Waals surface area (Å²) in [5, 5.41) is 0. The van der Waals surface area contributed by atoms with Crippen molar-refractivity contribution in [2.24, 2.45) is 4.99 Å². The van der Waals surface area contributed by atoms with Gasteiger partial charge in [-0.05, 0) is 30.3 Å². The van der Waals surface area contributed by atoms with Crippen LogP contribution in [0.1, 0.15) is 11.1 Å². The van der Waals surface area contributed by atoms with Gasteiger partial charge in [0, 0.05) is 11.1 Å². The number of halogens is 1. The van der Waals surface area contributed by atoms with E-state index in [-0.39, 0.29) is 11.6 Å². The Balaban J connectivity index is 2.01. The molecule has 0 radical (unpaired) electrons. The van der Waals surface area contributed by atoms with E-state index in [2.05, 4.69) is 4.99 Å². The van der Waals surface area contributed by atoms with E-state index in [1.165, 1.54) is 38.5 Å². The maximum Gasteiger partial charge on any atom is 0.363 e. The summed E-state index contributed by atoms with van der Waals surface area (Å²) in [4.78, 5) is 16.2. The zero-order valence-electron chi connectivity index (χ0n) is 13.1. The number of carbonyl (C=O) groups is 1. The van der Waals surface area contributed by atoms with Crippen LogP contribution in [0.2, 0.25) is 0 Å². The summed E-state index contributed by atoms with van der Waals surface area (Å²) in [6.45, 7) is 0. The molecule has 0 aromatic heterocycles. The highest BCUT2D eigenvalue weighted by Gasteiger charge is 2.25. The highest BCUT2D eigenvalue weighted by atomic mass is 19.1. The van der Waals surface area contributed by atoms with E-state index < -0.39 is 11.8 Å². The third kappa shape index (κ3) is 2.99. The van der Waals surface area contributed by atoms with E-state index in [4.69, 9.17) is 14.2 Å². The molecular formula is C18H14FNO4. The van der Waals surface area contributed by atoms with E-state index in [1.54, 1.807) is 24.3 Å². The smallest absolute Gasteiger partial charge is 0.363 e. The molecule has 0 fully saturated rings. The van der Waals surface area contributed by atoms with Crippen molar-refractivity contribution >= 4 is 17.9 Å². The summed E-state index contributed by atoms with van der Waals surface area (Å²) < 4.78 is 29.0. The first kappa shape index (κ1) is 15.7. The van der Waals surface area contributed by atoms with Crippen LogP contribution < -0.4 is 9.47 Å². The lowest BCUT2D eigenvalue weighted by Gasteiger charge is -2.09. The third-order valence-electron chi connectivity index (χ3n) is 3.42. The average Bonchev–Trinajstić information content (AvgIpc) is 2.95. The average molecular weight is 327 g/mol. The Hall–Kier alpha value is -3.15. The molecule has 6 heteroatoms. The van der Waals surface area contributed by atoms with Crippen LogP contribution in [0.15, 0.2) is 53.2 Å². The molecule has 0 unspecified atom stereocenters. The number of methoxy groups -OCH3 is 2. The summed E-state index contributed by atoms with van der Waals surface area (Å²) in [5.41, 5.74) is 1.11. The highest BCUT2D eigenvalue weighted by Crippen LogP contribution is 2.33. The lowest BCUT2D eigenvalue weighted by atomic mass is 10.1. The first-order valence-corrected chi connectivity index (χ1v) is 7.12. The number of hydrogen-bond acceptors (Lipinski definition) is 5. The van der Waals surface area contributed by atoms with Gasteiger partial charge in [0.1, 0.15) is 5.82 Å². The molecule has 0 saturated carbocycles. The number of hydrogen-bond donors (Lipinski definition) is 0. The molecule has 2 aromatic rings. The van der Waals surface area contributed by atoms with E-state index in [0.717, 1.165) is 0 Å². The van der Waals surface area contributed by atoms with Gasteiger partial charge < -0.3 is 14.2 Å². The molecule has 0 aliphatic carbocycles. The molecule has 0 saturated heterocycles. The van der Waals surface area contributed by atoms with Gasteiger partial charge in [0.25, 0.3) is 0 Å². The van der Waals surface area contributed by atoms with E-state index >= 15 is 0 Å². The third-order valence-corrected chi connectivity index (χ3v) is 3.42. The van der Waals surface area contributed by atoms with E-state index in [0.29, 0.717) is 22.6 Å². The quantitative estimate of drug-likeness (QED) is 0.639. The minimum Gasteiger partial charge on any atom is -0.493 e. The fourth-order valence-corrected chi connectivity index (χ4v) is 2.33. The summed E-state index contributed by atoms with van der Waals surface area (Å²) in [6.07, 6.45) is 1.54. The number of carbonyl (C=O) groups excluding carboxylic acids is 1. The van der Waals surface area contributed by atoms with Crippen molar-refractivity contribution in [3.8, 4) is 11.5 Å². The monoisotopic (exact) mass is 327 g/mol. The molecule has 1 heterocycles. The van der Waals surface area contributed by atoms with Crippen LogP contribution in [-0.2, 0) is 9.53 Å². The molecule has 1 aliphatic heterocycles. The Morgan fingerprint density at radius 2 is 1.92 bits per heavy atom. The van der Waals surface area contributed by atoms with Crippen molar-refractivity contribution in [2.45, 2.75) is 0 Å². The fraction of sp³-hybridized carbons (Fsp3) is 0.111. The van der Waals surface area contributed by atoms with Gasteiger partial charge in [0.2, 0.25) is 5.90 Å². The van der Waals surface area contributed by atoms with Crippen LogP contribution in [0, 0.1) is 5.82 Å². The molecule has 122 valence electrons. The second kappa shape index (κ2) is 6.54. The fourth-order valence-electron chi connectivity index (χ4n) is 2.33. The van der Waals surface area contributed by atoms with Gasteiger partial charge in [-0.1, -0.05) is 18.2 Å². The molecule has 0 atom stereocenters. The zero-order valence-corrected chi connectivity index (χ0v) is 13.1. The molecule has 0 bridgehead atoms. The Kier molecular flexibility index (Phi) is 4.29. The van der Waals surface area contributed by atoms with Crippen LogP contribution in [0.25, 0.3) is 6.08 Å². The van der Waals surface area contributed by atoms with Gasteiger partial charge in [-0.25, -0.2) is 14.2 Å². The number of ether oxygens (including phenoxy) is 3. The van der Waals surface area contributed by atoms with Gasteiger partial charge in [-0.3, -0.25) is 0 Å². The van der Waals surface area contributed by atoms with Crippen molar-refractivity contribution in [3.63, 3.8) is 0 Å². The Morgan fingerprint density at radius 1 is 1.12 bits per heavy atom. The number of para-hydroxylation sites is 1. The zero-order chi connectivity index (χ0) is 17.1. The largest absolute Gasteiger partial charge is 0.493 e. The maximum atomic E-state index is 13.3. The highest BCUT2D eigenvalue weighted by molar-refractivity contribution is 6.13. The predicted molar refractivity (Wildman–Crippen MR) is 86.6 cm³/mol. The second-order valence-corrected chi connectivity index (χ2v) is 4.93. The summed E-state index contributed by atoms with van der Waals surface area (Å²) >= 11 is 0. The minimum absolute atomic E-state index is 0.0626. The van der Waals surface area contributed by atoms with Crippen LogP contribution in [0.4, 0.5) is 4.39 Å². The van der Waals surface area contributed by atoms with Crippen LogP contribution in [0.3, 0.4) is 0 Å². The maximum absolute atomic E-state index is 13.3. The summed E-state index contributed by atoms with van der Waals surface area (Å²) in [5.74, 6) is 0.0344.